The molecule has 6 heteroatoms. The van der Waals surface area contributed by atoms with Crippen molar-refractivity contribution in [1.82, 2.24) is 19.9 Å². The van der Waals surface area contributed by atoms with Crippen LogP contribution in [-0.4, -0.2) is 39.0 Å². The first-order chi connectivity index (χ1) is 10.3. The Bertz CT molecular complexity index is 552. The molecule has 110 valence electrons. The molecule has 0 spiro atoms. The predicted octanol–water partition coefficient (Wildman–Crippen LogP) is 2.71. The molecule has 2 aromatic rings. The molecule has 3 heterocycles. The summed E-state index contributed by atoms with van der Waals surface area (Å²) in [4.78, 5) is 15.1. The van der Waals surface area contributed by atoms with Crippen molar-refractivity contribution < 1.29 is 0 Å². The Morgan fingerprint density at radius 2 is 1.81 bits per heavy atom. The second-order valence-electron chi connectivity index (χ2n) is 5.28. The van der Waals surface area contributed by atoms with E-state index < -0.39 is 0 Å². The summed E-state index contributed by atoms with van der Waals surface area (Å²) >= 11 is 3.35. The molecule has 0 unspecified atom stereocenters. The Morgan fingerprint density at radius 3 is 2.48 bits per heavy atom. The van der Waals surface area contributed by atoms with Gasteiger partial charge in [-0.05, 0) is 46.5 Å². The number of hydrogen-bond acceptors (Lipinski definition) is 5. The van der Waals surface area contributed by atoms with Crippen LogP contribution in [0.3, 0.4) is 0 Å². The van der Waals surface area contributed by atoms with Crippen molar-refractivity contribution in [3.63, 3.8) is 0 Å². The largest absolute Gasteiger partial charge is 0.351 e. The lowest BCUT2D eigenvalue weighted by Gasteiger charge is -2.32. The van der Waals surface area contributed by atoms with Crippen LogP contribution in [0.5, 0.6) is 0 Å². The molecule has 0 atom stereocenters. The Balaban J connectivity index is 1.47. The second-order valence-corrected chi connectivity index (χ2v) is 6.19. The molecule has 0 aliphatic carbocycles. The monoisotopic (exact) mass is 347 g/mol. The minimum atomic E-state index is 0.458. The quantitative estimate of drug-likeness (QED) is 0.921. The van der Waals surface area contributed by atoms with E-state index in [0.29, 0.717) is 12.0 Å². The van der Waals surface area contributed by atoms with Gasteiger partial charge in [-0.25, -0.2) is 9.97 Å². The minimum absolute atomic E-state index is 0.458. The highest BCUT2D eigenvalue weighted by molar-refractivity contribution is 9.10. The van der Waals surface area contributed by atoms with Crippen LogP contribution in [0.15, 0.2) is 41.4 Å². The highest BCUT2D eigenvalue weighted by Crippen LogP contribution is 2.16. The summed E-state index contributed by atoms with van der Waals surface area (Å²) in [5.74, 6) is 0.714. The number of halogens is 1. The summed E-state index contributed by atoms with van der Waals surface area (Å²) in [6, 6.07) is 4.62. The lowest BCUT2D eigenvalue weighted by molar-refractivity contribution is 0.211. The van der Waals surface area contributed by atoms with Gasteiger partial charge in [-0.1, -0.05) is 0 Å². The lowest BCUT2D eigenvalue weighted by Crippen LogP contribution is -2.38. The SMILES string of the molecule is Brc1cnc(NC2CCN(Cc3ccncc3)CC2)nc1. The Kier molecular flexibility index (Phi) is 4.77. The summed E-state index contributed by atoms with van der Waals surface area (Å²) in [6.45, 7) is 3.19. The van der Waals surface area contributed by atoms with Crippen molar-refractivity contribution in [3.05, 3.63) is 47.0 Å². The number of anilines is 1. The van der Waals surface area contributed by atoms with E-state index in [2.05, 4.69) is 53.2 Å². The zero-order chi connectivity index (χ0) is 14.5. The molecular formula is C15H18BrN5. The summed E-state index contributed by atoms with van der Waals surface area (Å²) in [5.41, 5.74) is 1.33. The minimum Gasteiger partial charge on any atom is -0.351 e. The van der Waals surface area contributed by atoms with Crippen molar-refractivity contribution >= 4 is 21.9 Å². The van der Waals surface area contributed by atoms with Gasteiger partial charge in [-0.15, -0.1) is 0 Å². The van der Waals surface area contributed by atoms with Gasteiger partial charge in [0.25, 0.3) is 0 Å². The zero-order valence-corrected chi connectivity index (χ0v) is 13.3. The van der Waals surface area contributed by atoms with Crippen LogP contribution in [0.4, 0.5) is 5.95 Å². The fourth-order valence-corrected chi connectivity index (χ4v) is 2.76. The lowest BCUT2D eigenvalue weighted by atomic mass is 10.0. The normalized spacial score (nSPS) is 16.8. The number of pyridine rings is 1. The number of rotatable bonds is 4. The van der Waals surface area contributed by atoms with E-state index in [9.17, 15) is 0 Å². The smallest absolute Gasteiger partial charge is 0.222 e. The maximum absolute atomic E-state index is 4.27. The Hall–Kier alpha value is -1.53. The first kappa shape index (κ1) is 14.4. The van der Waals surface area contributed by atoms with E-state index in [4.69, 9.17) is 0 Å². The van der Waals surface area contributed by atoms with Gasteiger partial charge in [0.15, 0.2) is 0 Å². The Labute approximate surface area is 133 Å². The molecule has 0 amide bonds. The highest BCUT2D eigenvalue weighted by Gasteiger charge is 2.19. The van der Waals surface area contributed by atoms with Crippen molar-refractivity contribution in [1.29, 1.82) is 0 Å². The molecule has 0 bridgehead atoms. The summed E-state index contributed by atoms with van der Waals surface area (Å²) in [5, 5.41) is 3.41. The van der Waals surface area contributed by atoms with Gasteiger partial charge in [-0.2, -0.15) is 0 Å². The van der Waals surface area contributed by atoms with Crippen molar-refractivity contribution in [3.8, 4) is 0 Å². The van der Waals surface area contributed by atoms with Gasteiger partial charge < -0.3 is 5.32 Å². The molecule has 0 saturated carbocycles. The van der Waals surface area contributed by atoms with E-state index in [1.165, 1.54) is 5.56 Å². The summed E-state index contributed by atoms with van der Waals surface area (Å²) in [7, 11) is 0. The van der Waals surface area contributed by atoms with Crippen molar-refractivity contribution in [2.24, 2.45) is 0 Å². The third kappa shape index (κ3) is 4.22. The van der Waals surface area contributed by atoms with Gasteiger partial charge in [0.05, 0.1) is 4.47 Å². The number of piperidine rings is 1. The molecule has 1 aliphatic rings. The van der Waals surface area contributed by atoms with Gasteiger partial charge >= 0.3 is 0 Å². The van der Waals surface area contributed by atoms with Crippen LogP contribution in [0.2, 0.25) is 0 Å². The number of nitrogens with one attached hydrogen (secondary N) is 1. The molecular weight excluding hydrogens is 330 g/mol. The summed E-state index contributed by atoms with van der Waals surface area (Å²) in [6.07, 6.45) is 9.49. The Morgan fingerprint density at radius 1 is 1.14 bits per heavy atom. The molecule has 3 rings (SSSR count). The van der Waals surface area contributed by atoms with Crippen molar-refractivity contribution in [2.75, 3.05) is 18.4 Å². The second kappa shape index (κ2) is 6.95. The van der Waals surface area contributed by atoms with Crippen LogP contribution in [-0.2, 0) is 6.54 Å². The molecule has 1 aliphatic heterocycles. The summed E-state index contributed by atoms with van der Waals surface area (Å²) < 4.78 is 0.903. The van der Waals surface area contributed by atoms with Crippen LogP contribution in [0, 0.1) is 0 Å². The van der Waals surface area contributed by atoms with E-state index in [1.807, 2.05) is 12.4 Å². The number of aromatic nitrogens is 3. The molecule has 0 aromatic carbocycles. The molecule has 2 aromatic heterocycles. The fourth-order valence-electron chi connectivity index (χ4n) is 2.55. The maximum atomic E-state index is 4.27. The van der Waals surface area contributed by atoms with Crippen LogP contribution >= 0.6 is 15.9 Å². The average Bonchev–Trinajstić information content (AvgIpc) is 2.53. The third-order valence-corrected chi connectivity index (χ3v) is 4.11. The standard InChI is InChI=1S/C15H18BrN5/c16-13-9-18-15(19-10-13)20-14-3-7-21(8-4-14)11-12-1-5-17-6-2-12/h1-2,5-6,9-10,14H,3-4,7-8,11H2,(H,18,19,20). The molecule has 21 heavy (non-hydrogen) atoms. The third-order valence-electron chi connectivity index (χ3n) is 3.70. The van der Waals surface area contributed by atoms with Gasteiger partial charge in [0.1, 0.15) is 0 Å². The average molecular weight is 348 g/mol. The van der Waals surface area contributed by atoms with E-state index in [0.717, 1.165) is 36.9 Å². The van der Waals surface area contributed by atoms with Crippen LogP contribution in [0.1, 0.15) is 18.4 Å². The maximum Gasteiger partial charge on any atom is 0.222 e. The fraction of sp³-hybridized carbons (Fsp3) is 0.400. The van der Waals surface area contributed by atoms with E-state index >= 15 is 0 Å². The first-order valence-corrected chi connectivity index (χ1v) is 7.94. The van der Waals surface area contributed by atoms with Crippen molar-refractivity contribution in [2.45, 2.75) is 25.4 Å². The topological polar surface area (TPSA) is 53.9 Å². The number of nitrogens with zero attached hydrogens (tertiary/aromatic N) is 4. The molecule has 5 nitrogen and oxygen atoms in total. The number of hydrogen-bond donors (Lipinski definition) is 1. The van der Waals surface area contributed by atoms with Gasteiger partial charge in [-0.3, -0.25) is 9.88 Å². The van der Waals surface area contributed by atoms with Gasteiger partial charge in [0, 0.05) is 50.5 Å². The predicted molar refractivity (Wildman–Crippen MR) is 85.9 cm³/mol. The molecule has 0 radical (unpaired) electrons. The van der Waals surface area contributed by atoms with Crippen LogP contribution < -0.4 is 5.32 Å². The highest BCUT2D eigenvalue weighted by atomic mass is 79.9. The molecule has 1 N–H and O–H groups in total. The van der Waals surface area contributed by atoms with Crippen LogP contribution in [0.25, 0.3) is 0 Å². The zero-order valence-electron chi connectivity index (χ0n) is 11.7. The van der Waals surface area contributed by atoms with Gasteiger partial charge in [0.2, 0.25) is 5.95 Å². The molecule has 1 fully saturated rings. The van der Waals surface area contributed by atoms with E-state index in [-0.39, 0.29) is 0 Å². The van der Waals surface area contributed by atoms with E-state index in [1.54, 1.807) is 12.4 Å². The molecule has 1 saturated heterocycles. The first-order valence-electron chi connectivity index (χ1n) is 7.15. The number of likely N-dealkylation sites (tertiary alicyclic amines) is 1.